The van der Waals surface area contributed by atoms with E-state index in [-0.39, 0.29) is 4.90 Å². The third-order valence-corrected chi connectivity index (χ3v) is 6.12. The lowest BCUT2D eigenvalue weighted by molar-refractivity contribution is 0.270. The summed E-state index contributed by atoms with van der Waals surface area (Å²) in [5.41, 5.74) is 2.48. The molecule has 0 aromatic carbocycles. The SMILES string of the molecule is Cc1ccc(C)n1C1CCN(S(=O)(=O)c2ccoc2)CC1. The number of aryl methyl sites for hydroxylation is 2. The summed E-state index contributed by atoms with van der Waals surface area (Å²) in [6.45, 7) is 5.30. The van der Waals surface area contributed by atoms with Crippen molar-refractivity contribution in [2.45, 2.75) is 37.6 Å². The molecule has 5 nitrogen and oxygen atoms in total. The first kappa shape index (κ1) is 14.4. The molecule has 21 heavy (non-hydrogen) atoms. The fourth-order valence-electron chi connectivity index (χ4n) is 3.14. The van der Waals surface area contributed by atoms with Crippen LogP contribution < -0.4 is 0 Å². The Bertz CT molecular complexity index is 689. The van der Waals surface area contributed by atoms with Gasteiger partial charge in [-0.25, -0.2) is 8.42 Å². The van der Waals surface area contributed by atoms with Gasteiger partial charge in [0.05, 0.1) is 6.26 Å². The zero-order chi connectivity index (χ0) is 15.0. The number of piperidine rings is 1. The van der Waals surface area contributed by atoms with Crippen molar-refractivity contribution < 1.29 is 12.8 Å². The lowest BCUT2D eigenvalue weighted by Crippen LogP contribution is -2.39. The normalized spacial score (nSPS) is 18.2. The van der Waals surface area contributed by atoms with E-state index in [1.807, 2.05) is 0 Å². The van der Waals surface area contributed by atoms with E-state index in [0.29, 0.717) is 19.1 Å². The Morgan fingerprint density at radius 3 is 2.24 bits per heavy atom. The van der Waals surface area contributed by atoms with Crippen molar-refractivity contribution >= 4 is 10.0 Å². The molecule has 0 atom stereocenters. The topological polar surface area (TPSA) is 55.5 Å². The first-order valence-corrected chi connectivity index (χ1v) is 8.61. The Kier molecular flexibility index (Phi) is 3.67. The molecule has 1 saturated heterocycles. The van der Waals surface area contributed by atoms with Crippen molar-refractivity contribution in [2.75, 3.05) is 13.1 Å². The highest BCUT2D eigenvalue weighted by Gasteiger charge is 2.31. The number of aromatic nitrogens is 1. The van der Waals surface area contributed by atoms with E-state index in [9.17, 15) is 8.42 Å². The first-order chi connectivity index (χ1) is 10.00. The Morgan fingerprint density at radius 2 is 1.71 bits per heavy atom. The molecule has 0 spiro atoms. The molecule has 1 aliphatic rings. The molecule has 2 aromatic heterocycles. The van der Waals surface area contributed by atoms with Crippen molar-refractivity contribution in [1.82, 2.24) is 8.87 Å². The van der Waals surface area contributed by atoms with Gasteiger partial charge in [0.2, 0.25) is 10.0 Å². The minimum absolute atomic E-state index is 0.245. The lowest BCUT2D eigenvalue weighted by Gasteiger charge is -2.33. The second kappa shape index (κ2) is 5.35. The van der Waals surface area contributed by atoms with Gasteiger partial charge in [-0.2, -0.15) is 4.31 Å². The molecule has 6 heteroatoms. The molecule has 0 aliphatic carbocycles. The Morgan fingerprint density at radius 1 is 1.10 bits per heavy atom. The summed E-state index contributed by atoms with van der Waals surface area (Å²) in [7, 11) is -3.40. The van der Waals surface area contributed by atoms with Crippen LogP contribution in [0.15, 0.2) is 40.0 Å². The van der Waals surface area contributed by atoms with Gasteiger partial charge in [0, 0.05) is 30.5 Å². The highest BCUT2D eigenvalue weighted by Crippen LogP contribution is 2.29. The molecule has 0 N–H and O–H groups in total. The molecule has 0 unspecified atom stereocenters. The third kappa shape index (κ3) is 2.53. The summed E-state index contributed by atoms with van der Waals surface area (Å²) in [6, 6.07) is 6.12. The largest absolute Gasteiger partial charge is 0.471 e. The average Bonchev–Trinajstić information content (AvgIpc) is 3.10. The van der Waals surface area contributed by atoms with Gasteiger partial charge in [-0.1, -0.05) is 0 Å². The maximum absolute atomic E-state index is 12.4. The number of rotatable bonds is 3. The third-order valence-electron chi connectivity index (χ3n) is 4.25. The van der Waals surface area contributed by atoms with Crippen molar-refractivity contribution in [3.05, 3.63) is 42.1 Å². The van der Waals surface area contributed by atoms with Crippen LogP contribution in [0.25, 0.3) is 0 Å². The van der Waals surface area contributed by atoms with E-state index in [2.05, 4.69) is 30.5 Å². The van der Waals surface area contributed by atoms with Crippen LogP contribution in [0, 0.1) is 13.8 Å². The molecule has 1 aliphatic heterocycles. The Labute approximate surface area is 125 Å². The standard InChI is InChI=1S/C15H20N2O3S/c1-12-3-4-13(2)17(12)14-5-8-16(9-6-14)21(18,19)15-7-10-20-11-15/h3-4,7,10-11,14H,5-6,8-9H2,1-2H3. The highest BCUT2D eigenvalue weighted by molar-refractivity contribution is 7.89. The van der Waals surface area contributed by atoms with Crippen molar-refractivity contribution in [2.24, 2.45) is 0 Å². The molecule has 0 radical (unpaired) electrons. The van der Waals surface area contributed by atoms with Crippen LogP contribution in [0.1, 0.15) is 30.3 Å². The van der Waals surface area contributed by atoms with Gasteiger partial charge in [0.15, 0.2) is 0 Å². The molecule has 0 bridgehead atoms. The maximum atomic E-state index is 12.4. The van der Waals surface area contributed by atoms with Gasteiger partial charge < -0.3 is 8.98 Å². The zero-order valence-corrected chi connectivity index (χ0v) is 13.1. The van der Waals surface area contributed by atoms with E-state index in [1.165, 1.54) is 30.0 Å². The van der Waals surface area contributed by atoms with E-state index in [0.717, 1.165) is 12.8 Å². The molecule has 3 rings (SSSR count). The minimum Gasteiger partial charge on any atom is -0.471 e. The summed E-state index contributed by atoms with van der Waals surface area (Å²) < 4.78 is 33.6. The summed E-state index contributed by atoms with van der Waals surface area (Å²) in [4.78, 5) is 0.245. The average molecular weight is 308 g/mol. The van der Waals surface area contributed by atoms with E-state index in [4.69, 9.17) is 4.42 Å². The van der Waals surface area contributed by atoms with E-state index in [1.54, 1.807) is 4.31 Å². The number of sulfonamides is 1. The predicted octanol–water partition coefficient (Wildman–Crippen LogP) is 2.72. The van der Waals surface area contributed by atoms with Crippen molar-refractivity contribution in [1.29, 1.82) is 0 Å². The van der Waals surface area contributed by atoms with Crippen LogP contribution in [0.5, 0.6) is 0 Å². The summed E-state index contributed by atoms with van der Waals surface area (Å²) in [5.74, 6) is 0. The van der Waals surface area contributed by atoms with Crippen molar-refractivity contribution in [3.8, 4) is 0 Å². The van der Waals surface area contributed by atoms with Gasteiger partial charge in [0.1, 0.15) is 11.2 Å². The monoisotopic (exact) mass is 308 g/mol. The highest BCUT2D eigenvalue weighted by atomic mass is 32.2. The van der Waals surface area contributed by atoms with Gasteiger partial charge in [-0.15, -0.1) is 0 Å². The van der Waals surface area contributed by atoms with Crippen LogP contribution in [-0.2, 0) is 10.0 Å². The summed E-state index contributed by atoms with van der Waals surface area (Å²) in [5, 5.41) is 0. The number of hydrogen-bond donors (Lipinski definition) is 0. The predicted molar refractivity (Wildman–Crippen MR) is 79.6 cm³/mol. The molecule has 2 aromatic rings. The maximum Gasteiger partial charge on any atom is 0.246 e. The number of nitrogens with zero attached hydrogens (tertiary/aromatic N) is 2. The fourth-order valence-corrected chi connectivity index (χ4v) is 4.54. The molecular weight excluding hydrogens is 288 g/mol. The molecule has 3 heterocycles. The van der Waals surface area contributed by atoms with Crippen LogP contribution in [0.2, 0.25) is 0 Å². The number of hydrogen-bond acceptors (Lipinski definition) is 3. The Hall–Kier alpha value is -1.53. The van der Waals surface area contributed by atoms with Gasteiger partial charge >= 0.3 is 0 Å². The van der Waals surface area contributed by atoms with Gasteiger partial charge in [-0.3, -0.25) is 0 Å². The molecular formula is C15H20N2O3S. The van der Waals surface area contributed by atoms with Gasteiger partial charge in [-0.05, 0) is 44.9 Å². The summed E-state index contributed by atoms with van der Waals surface area (Å²) >= 11 is 0. The summed E-state index contributed by atoms with van der Waals surface area (Å²) in [6.07, 6.45) is 4.37. The number of furan rings is 1. The second-order valence-corrected chi connectivity index (χ2v) is 7.52. The lowest BCUT2D eigenvalue weighted by atomic mass is 10.1. The van der Waals surface area contributed by atoms with Gasteiger partial charge in [0.25, 0.3) is 0 Å². The quantitative estimate of drug-likeness (QED) is 0.876. The van der Waals surface area contributed by atoms with Crippen LogP contribution in [-0.4, -0.2) is 30.4 Å². The minimum atomic E-state index is -3.40. The van der Waals surface area contributed by atoms with E-state index < -0.39 is 10.0 Å². The van der Waals surface area contributed by atoms with Crippen LogP contribution >= 0.6 is 0 Å². The molecule has 1 fully saturated rings. The second-order valence-electron chi connectivity index (χ2n) is 5.58. The molecule has 0 amide bonds. The first-order valence-electron chi connectivity index (χ1n) is 7.17. The van der Waals surface area contributed by atoms with Crippen LogP contribution in [0.4, 0.5) is 0 Å². The van der Waals surface area contributed by atoms with Crippen molar-refractivity contribution in [3.63, 3.8) is 0 Å². The Balaban J connectivity index is 1.74. The smallest absolute Gasteiger partial charge is 0.246 e. The van der Waals surface area contributed by atoms with E-state index >= 15 is 0 Å². The molecule has 114 valence electrons. The zero-order valence-electron chi connectivity index (χ0n) is 12.3. The van der Waals surface area contributed by atoms with Crippen LogP contribution in [0.3, 0.4) is 0 Å². The fraction of sp³-hybridized carbons (Fsp3) is 0.467. The molecule has 0 saturated carbocycles.